The molecule has 4 fully saturated rings. The second-order valence-corrected chi connectivity index (χ2v) is 9.18. The predicted molar refractivity (Wildman–Crippen MR) is 111 cm³/mol. The van der Waals surface area contributed by atoms with Crippen molar-refractivity contribution < 1.29 is 19.1 Å². The highest BCUT2D eigenvalue weighted by molar-refractivity contribution is 5.98. The molecular weight excluding hydrogens is 382 g/mol. The minimum atomic E-state index is -0.649. The summed E-state index contributed by atoms with van der Waals surface area (Å²) in [5.41, 5.74) is -0.0483. The first-order chi connectivity index (χ1) is 14.6. The average Bonchev–Trinajstić information content (AvgIpc) is 2.78. The molecule has 0 aromatic heterocycles. The lowest BCUT2D eigenvalue weighted by Crippen LogP contribution is -2.67. The van der Waals surface area contributed by atoms with Gasteiger partial charge in [0.2, 0.25) is 5.91 Å². The molecule has 2 amide bonds. The van der Waals surface area contributed by atoms with Crippen LogP contribution in [0.5, 0.6) is 5.75 Å². The van der Waals surface area contributed by atoms with Gasteiger partial charge in [0.05, 0.1) is 12.2 Å². The van der Waals surface area contributed by atoms with E-state index in [1.807, 2.05) is 18.2 Å². The minimum absolute atomic E-state index is 0.0533. The lowest BCUT2D eigenvalue weighted by molar-refractivity contribution is -0.157. The predicted octanol–water partition coefficient (Wildman–Crippen LogP) is 1.73. The van der Waals surface area contributed by atoms with Crippen LogP contribution >= 0.6 is 0 Å². The van der Waals surface area contributed by atoms with Crippen molar-refractivity contribution in [2.45, 2.75) is 31.4 Å². The SMILES string of the molecule is COCCN1CCN(C(=O)C2CC3CCC2CC32NC(=O)c3ccccc3O2)CC1. The van der Waals surface area contributed by atoms with Crippen molar-refractivity contribution >= 4 is 11.8 Å². The number of piperazine rings is 1. The Morgan fingerprint density at radius 1 is 1.23 bits per heavy atom. The molecule has 7 heteroatoms. The van der Waals surface area contributed by atoms with Gasteiger partial charge in [-0.25, -0.2) is 0 Å². The molecule has 6 rings (SSSR count). The summed E-state index contributed by atoms with van der Waals surface area (Å²) in [5.74, 6) is 1.41. The fourth-order valence-electron chi connectivity index (χ4n) is 5.91. The highest BCUT2D eigenvalue weighted by Gasteiger charge is 2.57. The number of fused-ring (bicyclic) bond motifs is 3. The number of methoxy groups -OCH3 is 1. The molecule has 1 aromatic carbocycles. The quantitative estimate of drug-likeness (QED) is 0.814. The molecule has 1 N–H and O–H groups in total. The van der Waals surface area contributed by atoms with Crippen LogP contribution in [-0.4, -0.2) is 73.8 Å². The molecule has 162 valence electrons. The summed E-state index contributed by atoms with van der Waals surface area (Å²) in [4.78, 5) is 30.5. The van der Waals surface area contributed by atoms with Crippen LogP contribution in [0.4, 0.5) is 0 Å². The highest BCUT2D eigenvalue weighted by atomic mass is 16.5. The van der Waals surface area contributed by atoms with Crippen LogP contribution in [0.2, 0.25) is 0 Å². The summed E-state index contributed by atoms with van der Waals surface area (Å²) in [5, 5.41) is 3.18. The molecule has 2 aliphatic heterocycles. The number of para-hydroxylation sites is 1. The van der Waals surface area contributed by atoms with E-state index in [0.29, 0.717) is 17.2 Å². The minimum Gasteiger partial charge on any atom is -0.467 e. The molecule has 3 saturated carbocycles. The molecule has 2 heterocycles. The van der Waals surface area contributed by atoms with Crippen LogP contribution in [0.25, 0.3) is 0 Å². The standard InChI is InChI=1S/C23H31N3O4/c1-29-13-12-25-8-10-26(11-9-25)22(28)19-14-17-7-6-16(19)15-23(17)24-21(27)18-4-2-3-5-20(18)30-23/h2-5,16-17,19H,6-15H2,1H3,(H,24,27). The van der Waals surface area contributed by atoms with Gasteiger partial charge < -0.3 is 19.7 Å². The van der Waals surface area contributed by atoms with Crippen molar-refractivity contribution in [1.29, 1.82) is 0 Å². The first-order valence-electron chi connectivity index (χ1n) is 11.2. The normalized spacial score (nSPS) is 33.2. The third-order valence-corrected chi connectivity index (χ3v) is 7.58. The topological polar surface area (TPSA) is 71.1 Å². The molecule has 5 aliphatic rings. The molecule has 4 atom stereocenters. The molecule has 1 aromatic rings. The van der Waals surface area contributed by atoms with Crippen LogP contribution < -0.4 is 10.1 Å². The van der Waals surface area contributed by atoms with E-state index < -0.39 is 5.72 Å². The van der Waals surface area contributed by atoms with Crippen LogP contribution in [0.1, 0.15) is 36.0 Å². The zero-order valence-electron chi connectivity index (χ0n) is 17.6. The van der Waals surface area contributed by atoms with Gasteiger partial charge in [-0.1, -0.05) is 12.1 Å². The number of nitrogens with zero attached hydrogens (tertiary/aromatic N) is 2. The Kier molecular flexibility index (Phi) is 5.19. The molecule has 2 bridgehead atoms. The van der Waals surface area contributed by atoms with Gasteiger partial charge in [0, 0.05) is 58.1 Å². The monoisotopic (exact) mass is 413 g/mol. The van der Waals surface area contributed by atoms with Gasteiger partial charge in [-0.05, 0) is 37.3 Å². The molecule has 3 aliphatic carbocycles. The fourth-order valence-corrected chi connectivity index (χ4v) is 5.91. The number of rotatable bonds is 4. The van der Waals surface area contributed by atoms with E-state index in [9.17, 15) is 9.59 Å². The van der Waals surface area contributed by atoms with E-state index in [4.69, 9.17) is 9.47 Å². The van der Waals surface area contributed by atoms with Gasteiger partial charge >= 0.3 is 0 Å². The molecule has 1 saturated heterocycles. The number of carbonyl (C=O) groups excluding carboxylic acids is 2. The summed E-state index contributed by atoms with van der Waals surface area (Å²) in [7, 11) is 1.72. The Labute approximate surface area is 177 Å². The smallest absolute Gasteiger partial charge is 0.258 e. The van der Waals surface area contributed by atoms with Crippen LogP contribution in [-0.2, 0) is 9.53 Å². The zero-order chi connectivity index (χ0) is 20.7. The van der Waals surface area contributed by atoms with Gasteiger partial charge in [-0.15, -0.1) is 0 Å². The van der Waals surface area contributed by atoms with Crippen LogP contribution in [0.3, 0.4) is 0 Å². The van der Waals surface area contributed by atoms with Gasteiger partial charge in [-0.3, -0.25) is 14.5 Å². The van der Waals surface area contributed by atoms with E-state index in [0.717, 1.165) is 65.0 Å². The highest BCUT2D eigenvalue weighted by Crippen LogP contribution is 2.52. The van der Waals surface area contributed by atoms with Crippen molar-refractivity contribution in [3.05, 3.63) is 29.8 Å². The van der Waals surface area contributed by atoms with E-state index in [1.165, 1.54) is 0 Å². The van der Waals surface area contributed by atoms with Gasteiger partial charge in [0.1, 0.15) is 5.75 Å². The zero-order valence-corrected chi connectivity index (χ0v) is 17.6. The molecule has 7 nitrogen and oxygen atoms in total. The van der Waals surface area contributed by atoms with E-state index in [1.54, 1.807) is 13.2 Å². The first-order valence-corrected chi connectivity index (χ1v) is 11.2. The maximum absolute atomic E-state index is 13.4. The van der Waals surface area contributed by atoms with Crippen molar-refractivity contribution in [3.63, 3.8) is 0 Å². The second kappa shape index (κ2) is 7.85. The number of carbonyl (C=O) groups is 2. The molecule has 1 spiro atoms. The van der Waals surface area contributed by atoms with Gasteiger partial charge in [0.25, 0.3) is 5.91 Å². The van der Waals surface area contributed by atoms with E-state index in [-0.39, 0.29) is 23.7 Å². The van der Waals surface area contributed by atoms with E-state index in [2.05, 4.69) is 15.1 Å². The molecule has 0 radical (unpaired) electrons. The Hall–Kier alpha value is -2.12. The largest absolute Gasteiger partial charge is 0.467 e. The second-order valence-electron chi connectivity index (χ2n) is 9.18. The Balaban J connectivity index is 1.25. The Morgan fingerprint density at radius 2 is 2.03 bits per heavy atom. The third-order valence-electron chi connectivity index (χ3n) is 7.58. The molecule has 30 heavy (non-hydrogen) atoms. The fraction of sp³-hybridized carbons (Fsp3) is 0.652. The number of hydrogen-bond donors (Lipinski definition) is 1. The van der Waals surface area contributed by atoms with Crippen LogP contribution in [0.15, 0.2) is 24.3 Å². The third kappa shape index (κ3) is 3.38. The Bertz CT molecular complexity index is 822. The summed E-state index contributed by atoms with van der Waals surface area (Å²) in [6.07, 6.45) is 3.57. The number of benzene rings is 1. The summed E-state index contributed by atoms with van der Waals surface area (Å²) in [6.45, 7) is 5.07. The lowest BCUT2D eigenvalue weighted by Gasteiger charge is -2.55. The number of amides is 2. The summed E-state index contributed by atoms with van der Waals surface area (Å²) >= 11 is 0. The summed E-state index contributed by atoms with van der Waals surface area (Å²) < 4.78 is 11.6. The van der Waals surface area contributed by atoms with Crippen molar-refractivity contribution in [2.75, 3.05) is 46.4 Å². The average molecular weight is 414 g/mol. The van der Waals surface area contributed by atoms with Gasteiger partial charge in [-0.2, -0.15) is 0 Å². The number of hydrogen-bond acceptors (Lipinski definition) is 5. The first kappa shape index (κ1) is 19.8. The van der Waals surface area contributed by atoms with Crippen LogP contribution in [0, 0.1) is 17.8 Å². The number of ether oxygens (including phenoxy) is 2. The maximum Gasteiger partial charge on any atom is 0.258 e. The van der Waals surface area contributed by atoms with Crippen molar-refractivity contribution in [1.82, 2.24) is 15.1 Å². The molecule has 4 unspecified atom stereocenters. The molecular formula is C23H31N3O4. The van der Waals surface area contributed by atoms with Gasteiger partial charge in [0.15, 0.2) is 5.72 Å². The van der Waals surface area contributed by atoms with Crippen molar-refractivity contribution in [2.24, 2.45) is 17.8 Å². The maximum atomic E-state index is 13.4. The van der Waals surface area contributed by atoms with Crippen molar-refractivity contribution in [3.8, 4) is 5.75 Å². The summed E-state index contributed by atoms with van der Waals surface area (Å²) in [6, 6.07) is 7.45. The Morgan fingerprint density at radius 3 is 2.77 bits per heavy atom. The number of nitrogens with one attached hydrogen (secondary N) is 1. The lowest BCUT2D eigenvalue weighted by atomic mass is 9.59. The van der Waals surface area contributed by atoms with E-state index >= 15 is 0 Å².